The molecule has 1 fully saturated rings. The van der Waals surface area contributed by atoms with E-state index in [0.717, 1.165) is 23.0 Å². The number of carbonyl (C=O) groups excluding carboxylic acids is 1. The zero-order valence-corrected chi connectivity index (χ0v) is 11.1. The number of rotatable bonds is 1. The molecule has 0 saturated carbocycles. The van der Waals surface area contributed by atoms with Gasteiger partial charge in [-0.3, -0.25) is 9.47 Å². The molecule has 2 aliphatic heterocycles. The van der Waals surface area contributed by atoms with Gasteiger partial charge in [0, 0.05) is 0 Å². The highest BCUT2D eigenvalue weighted by atomic mass is 16.7. The molecule has 1 amide bonds. The molecule has 0 N–H and O–H groups in total. The fraction of sp³-hybridized carbons (Fsp3) is 0.385. The Balaban J connectivity index is 1.98. The van der Waals surface area contributed by atoms with Gasteiger partial charge in [0.15, 0.2) is 0 Å². The molecule has 1 aromatic heterocycles. The highest BCUT2D eigenvalue weighted by Crippen LogP contribution is 2.46. The van der Waals surface area contributed by atoms with Gasteiger partial charge < -0.3 is 9.57 Å². The molecule has 4 rings (SSSR count). The number of ether oxygens (including phenoxy) is 1. The lowest BCUT2D eigenvalue weighted by Gasteiger charge is -2.09. The zero-order valence-electron chi connectivity index (χ0n) is 11.1. The monoisotopic (exact) mass is 275 g/mol. The molecule has 0 radical (unpaired) electrons. The second kappa shape index (κ2) is 3.56. The Labute approximate surface area is 113 Å². The summed E-state index contributed by atoms with van der Waals surface area (Å²) in [5.41, 5.74) is 2.34. The van der Waals surface area contributed by atoms with E-state index >= 15 is 0 Å². The largest absolute Gasteiger partial charge is 0.453 e. The summed E-state index contributed by atoms with van der Waals surface area (Å²) in [7, 11) is 2.80. The van der Waals surface area contributed by atoms with Crippen LogP contribution in [0.2, 0.25) is 0 Å². The Morgan fingerprint density at radius 1 is 1.35 bits per heavy atom. The number of aromatic nitrogens is 2. The SMILES string of the molecule is COC(=O)N1C2Cc3cccc4c3n(c(=O)n4OC)[C@@H]21. The Kier molecular flexibility index (Phi) is 2.03. The van der Waals surface area contributed by atoms with E-state index in [9.17, 15) is 9.59 Å². The molecule has 0 aliphatic carbocycles. The summed E-state index contributed by atoms with van der Waals surface area (Å²) in [5, 5.41) is 0. The summed E-state index contributed by atoms with van der Waals surface area (Å²) < 4.78 is 7.65. The van der Waals surface area contributed by atoms with Gasteiger partial charge in [0.2, 0.25) is 0 Å². The first-order valence-electron chi connectivity index (χ1n) is 6.34. The number of amides is 1. The third-order valence-electron chi connectivity index (χ3n) is 4.10. The van der Waals surface area contributed by atoms with Crippen LogP contribution in [-0.2, 0) is 11.2 Å². The molecule has 2 aliphatic rings. The highest BCUT2D eigenvalue weighted by molar-refractivity contribution is 5.82. The number of para-hydroxylation sites is 1. The maximum absolute atomic E-state index is 12.5. The normalized spacial score (nSPS) is 22.6. The van der Waals surface area contributed by atoms with E-state index in [0.29, 0.717) is 0 Å². The second-order valence-electron chi connectivity index (χ2n) is 4.98. The summed E-state index contributed by atoms with van der Waals surface area (Å²) in [5.74, 6) is 0. The lowest BCUT2D eigenvalue weighted by Crippen LogP contribution is -2.29. The van der Waals surface area contributed by atoms with Gasteiger partial charge in [-0.2, -0.15) is 0 Å². The van der Waals surface area contributed by atoms with Gasteiger partial charge in [-0.1, -0.05) is 12.1 Å². The number of nitrogens with zero attached hydrogens (tertiary/aromatic N) is 3. The molecule has 0 spiro atoms. The molecule has 1 unspecified atom stereocenters. The smallest absolute Gasteiger partial charge is 0.411 e. The molecule has 7 nitrogen and oxygen atoms in total. The van der Waals surface area contributed by atoms with Crippen LogP contribution in [0.5, 0.6) is 0 Å². The fourth-order valence-corrected chi connectivity index (χ4v) is 3.24. The molecular weight excluding hydrogens is 262 g/mol. The Morgan fingerprint density at radius 2 is 2.15 bits per heavy atom. The molecule has 2 aromatic rings. The molecule has 7 heteroatoms. The van der Waals surface area contributed by atoms with Crippen LogP contribution in [0.15, 0.2) is 23.0 Å². The van der Waals surface area contributed by atoms with E-state index in [1.807, 2.05) is 18.2 Å². The van der Waals surface area contributed by atoms with Gasteiger partial charge in [0.05, 0.1) is 18.7 Å². The molecule has 20 heavy (non-hydrogen) atoms. The average Bonchev–Trinajstić information content (AvgIpc) is 3.10. The van der Waals surface area contributed by atoms with E-state index in [1.165, 1.54) is 19.0 Å². The van der Waals surface area contributed by atoms with E-state index < -0.39 is 6.09 Å². The zero-order chi connectivity index (χ0) is 14.0. The Hall–Kier alpha value is -2.44. The predicted molar refractivity (Wildman–Crippen MR) is 69.5 cm³/mol. The number of carbonyl (C=O) groups is 1. The third kappa shape index (κ3) is 1.15. The van der Waals surface area contributed by atoms with Crippen LogP contribution in [0.1, 0.15) is 11.7 Å². The minimum Gasteiger partial charge on any atom is -0.453 e. The minimum atomic E-state index is -0.405. The molecule has 104 valence electrons. The fourth-order valence-electron chi connectivity index (χ4n) is 3.24. The van der Waals surface area contributed by atoms with Crippen LogP contribution in [0.3, 0.4) is 0 Å². The number of methoxy groups -OCH3 is 1. The number of benzene rings is 1. The van der Waals surface area contributed by atoms with Crippen LogP contribution >= 0.6 is 0 Å². The Morgan fingerprint density at radius 3 is 2.85 bits per heavy atom. The second-order valence-corrected chi connectivity index (χ2v) is 4.98. The van der Waals surface area contributed by atoms with Crippen LogP contribution in [-0.4, -0.2) is 40.6 Å². The van der Waals surface area contributed by atoms with Gasteiger partial charge in [-0.15, -0.1) is 4.73 Å². The van der Waals surface area contributed by atoms with Crippen molar-refractivity contribution in [2.45, 2.75) is 18.6 Å². The van der Waals surface area contributed by atoms with Crippen molar-refractivity contribution in [3.63, 3.8) is 0 Å². The van der Waals surface area contributed by atoms with Crippen molar-refractivity contribution < 1.29 is 14.4 Å². The highest BCUT2D eigenvalue weighted by Gasteiger charge is 2.57. The lowest BCUT2D eigenvalue weighted by molar-refractivity contribution is 0.146. The predicted octanol–water partition coefficient (Wildman–Crippen LogP) is 0.367. The summed E-state index contributed by atoms with van der Waals surface area (Å²) in [6.07, 6.45) is 0.0614. The van der Waals surface area contributed by atoms with Gasteiger partial charge in [-0.25, -0.2) is 9.59 Å². The number of imidazole rings is 1. The summed E-state index contributed by atoms with van der Waals surface area (Å²) >= 11 is 0. The van der Waals surface area contributed by atoms with Crippen LogP contribution in [0.25, 0.3) is 11.0 Å². The molecule has 0 bridgehead atoms. The van der Waals surface area contributed by atoms with Crippen molar-refractivity contribution in [1.29, 1.82) is 0 Å². The standard InChI is InChI=1S/C13H13N3O4/c1-19-13(18)14-9-6-7-4-3-5-8-10(7)15(11(9)14)12(17)16(8)20-2/h3-5,9,11H,6H2,1-2H3/t9?,11-,14?/m0/s1. The van der Waals surface area contributed by atoms with Crippen molar-refractivity contribution in [2.75, 3.05) is 14.2 Å². The average molecular weight is 275 g/mol. The summed E-state index contributed by atoms with van der Waals surface area (Å²) in [6, 6.07) is 5.70. The van der Waals surface area contributed by atoms with Crippen molar-refractivity contribution >= 4 is 17.1 Å². The van der Waals surface area contributed by atoms with Gasteiger partial charge in [0.25, 0.3) is 0 Å². The van der Waals surface area contributed by atoms with E-state index in [-0.39, 0.29) is 17.9 Å². The molecular formula is C13H13N3O4. The maximum Gasteiger partial charge on any atom is 0.411 e. The molecule has 1 saturated heterocycles. The Bertz CT molecular complexity index is 791. The summed E-state index contributed by atoms with van der Waals surface area (Å²) in [6.45, 7) is 0. The van der Waals surface area contributed by atoms with Crippen molar-refractivity contribution in [3.8, 4) is 0 Å². The lowest BCUT2D eigenvalue weighted by atomic mass is 10.0. The maximum atomic E-state index is 12.5. The van der Waals surface area contributed by atoms with Gasteiger partial charge >= 0.3 is 11.8 Å². The van der Waals surface area contributed by atoms with Crippen molar-refractivity contribution in [1.82, 2.24) is 14.2 Å². The number of hydrogen-bond acceptors (Lipinski definition) is 4. The van der Waals surface area contributed by atoms with Gasteiger partial charge in [0.1, 0.15) is 18.8 Å². The quantitative estimate of drug-likeness (QED) is 0.705. The molecule has 1 aromatic carbocycles. The van der Waals surface area contributed by atoms with Crippen molar-refractivity contribution in [3.05, 3.63) is 34.2 Å². The molecule has 2 atom stereocenters. The van der Waals surface area contributed by atoms with Crippen LogP contribution in [0, 0.1) is 0 Å². The topological polar surface area (TPSA) is 65.5 Å². The first kappa shape index (κ1) is 11.4. The van der Waals surface area contributed by atoms with E-state index in [2.05, 4.69) is 0 Å². The van der Waals surface area contributed by atoms with E-state index in [1.54, 1.807) is 9.47 Å². The summed E-state index contributed by atoms with van der Waals surface area (Å²) in [4.78, 5) is 30.9. The first-order chi connectivity index (χ1) is 9.69. The number of hydrogen-bond donors (Lipinski definition) is 0. The third-order valence-corrected chi connectivity index (χ3v) is 4.10. The van der Waals surface area contributed by atoms with E-state index in [4.69, 9.17) is 9.57 Å². The van der Waals surface area contributed by atoms with Crippen LogP contribution < -0.4 is 10.5 Å². The minimum absolute atomic E-state index is 0.00837. The molecule has 3 heterocycles. The van der Waals surface area contributed by atoms with Crippen molar-refractivity contribution in [2.24, 2.45) is 0 Å². The number of fused-ring (bicyclic) bond motifs is 2. The van der Waals surface area contributed by atoms with Crippen LogP contribution in [0.4, 0.5) is 4.79 Å². The first-order valence-corrected chi connectivity index (χ1v) is 6.34. The van der Waals surface area contributed by atoms with Gasteiger partial charge in [-0.05, 0) is 18.1 Å².